The van der Waals surface area contributed by atoms with E-state index in [0.29, 0.717) is 11.1 Å². The number of aromatic nitrogens is 2. The molecular weight excluding hydrogens is 334 g/mol. The Balaban J connectivity index is 1.65. The first-order valence-electron chi connectivity index (χ1n) is 10.3. The lowest BCUT2D eigenvalue weighted by molar-refractivity contribution is 0.225. The van der Waals surface area contributed by atoms with Crippen molar-refractivity contribution < 1.29 is 5.11 Å². The number of hydrogen-bond acceptors (Lipinski definition) is 4. The molecule has 2 aromatic rings. The van der Waals surface area contributed by atoms with Gasteiger partial charge in [-0.3, -0.25) is 0 Å². The van der Waals surface area contributed by atoms with Gasteiger partial charge >= 0.3 is 0 Å². The highest BCUT2D eigenvalue weighted by atomic mass is 16.3. The molecule has 2 fully saturated rings. The molecule has 27 heavy (non-hydrogen) atoms. The molecule has 0 amide bonds. The Hall–Kier alpha value is -1.94. The van der Waals surface area contributed by atoms with Gasteiger partial charge in [0.1, 0.15) is 5.69 Å². The third-order valence-electron chi connectivity index (χ3n) is 6.92. The van der Waals surface area contributed by atoms with Gasteiger partial charge in [0.25, 0.3) is 0 Å². The Morgan fingerprint density at radius 2 is 1.70 bits per heavy atom. The lowest BCUT2D eigenvalue weighted by Gasteiger charge is -2.40. The van der Waals surface area contributed by atoms with Gasteiger partial charge in [0.05, 0.1) is 18.0 Å². The van der Waals surface area contributed by atoms with Gasteiger partial charge in [0.15, 0.2) is 5.82 Å². The van der Waals surface area contributed by atoms with Gasteiger partial charge in [0.2, 0.25) is 0 Å². The number of anilines is 1. The van der Waals surface area contributed by atoms with Crippen LogP contribution in [0.25, 0.3) is 11.3 Å². The second-order valence-corrected chi connectivity index (χ2v) is 8.53. The van der Waals surface area contributed by atoms with Gasteiger partial charge in [-0.05, 0) is 63.0 Å². The number of piperidine rings is 1. The van der Waals surface area contributed by atoms with Crippen molar-refractivity contribution in [3.05, 3.63) is 40.7 Å². The van der Waals surface area contributed by atoms with Crippen LogP contribution in [0.1, 0.15) is 61.0 Å². The van der Waals surface area contributed by atoms with Crippen LogP contribution in [-0.2, 0) is 6.61 Å². The molecule has 1 aromatic heterocycles. The van der Waals surface area contributed by atoms with Crippen LogP contribution >= 0.6 is 0 Å². The summed E-state index contributed by atoms with van der Waals surface area (Å²) in [5.41, 5.74) is 6.72. The Morgan fingerprint density at radius 3 is 2.37 bits per heavy atom. The molecule has 2 heterocycles. The Bertz CT molecular complexity index is 830. The number of rotatable bonds is 3. The minimum Gasteiger partial charge on any atom is -0.390 e. The zero-order valence-electron chi connectivity index (χ0n) is 16.9. The average molecular weight is 366 g/mol. The summed E-state index contributed by atoms with van der Waals surface area (Å²) in [5, 5.41) is 10.0. The fourth-order valence-electron chi connectivity index (χ4n) is 4.98. The predicted octanol–water partition coefficient (Wildman–Crippen LogP) is 4.72. The second kappa shape index (κ2) is 7.23. The van der Waals surface area contributed by atoms with Crippen LogP contribution < -0.4 is 4.90 Å². The standard InChI is InChI=1S/C23H31N3O/c1-16-7-6-8-19(17(16)2)21-18(3)24-22(20(15-27)25-21)26-13-11-23(12-14-26)9-4-5-10-23/h6-8,27H,4-5,9-15H2,1-3H3. The zero-order valence-corrected chi connectivity index (χ0v) is 16.9. The largest absolute Gasteiger partial charge is 0.390 e. The number of aryl methyl sites for hydroxylation is 2. The second-order valence-electron chi connectivity index (χ2n) is 8.53. The summed E-state index contributed by atoms with van der Waals surface area (Å²) in [5.74, 6) is 0.886. The lowest BCUT2D eigenvalue weighted by atomic mass is 9.77. The SMILES string of the molecule is Cc1cccc(-c2nc(CO)c(N3CCC4(CCCC4)CC3)nc2C)c1C. The summed E-state index contributed by atoms with van der Waals surface area (Å²) < 4.78 is 0. The van der Waals surface area contributed by atoms with Crippen molar-refractivity contribution in [2.75, 3.05) is 18.0 Å². The van der Waals surface area contributed by atoms with Crippen LogP contribution in [0.3, 0.4) is 0 Å². The lowest BCUT2D eigenvalue weighted by Crippen LogP contribution is -2.40. The molecule has 0 unspecified atom stereocenters. The number of hydrogen-bond donors (Lipinski definition) is 1. The van der Waals surface area contributed by atoms with E-state index < -0.39 is 0 Å². The van der Waals surface area contributed by atoms with Crippen LogP contribution in [0.5, 0.6) is 0 Å². The van der Waals surface area contributed by atoms with E-state index in [-0.39, 0.29) is 6.61 Å². The monoisotopic (exact) mass is 365 g/mol. The minimum atomic E-state index is -0.0673. The maximum atomic E-state index is 10.0. The molecule has 1 aliphatic carbocycles. The van der Waals surface area contributed by atoms with E-state index in [4.69, 9.17) is 9.97 Å². The smallest absolute Gasteiger partial charge is 0.153 e. The van der Waals surface area contributed by atoms with E-state index in [0.717, 1.165) is 35.9 Å². The summed E-state index contributed by atoms with van der Waals surface area (Å²) in [6, 6.07) is 6.29. The first kappa shape index (κ1) is 18.4. The topological polar surface area (TPSA) is 49.3 Å². The highest BCUT2D eigenvalue weighted by molar-refractivity contribution is 5.68. The van der Waals surface area contributed by atoms with Gasteiger partial charge in [0, 0.05) is 18.7 Å². The van der Waals surface area contributed by atoms with Crippen molar-refractivity contribution in [1.29, 1.82) is 0 Å². The molecule has 1 saturated carbocycles. The minimum absolute atomic E-state index is 0.0673. The van der Waals surface area contributed by atoms with Crippen LogP contribution in [0.15, 0.2) is 18.2 Å². The van der Waals surface area contributed by atoms with Crippen LogP contribution in [0, 0.1) is 26.2 Å². The molecule has 1 aromatic carbocycles. The molecular formula is C23H31N3O. The van der Waals surface area contributed by atoms with Crippen LogP contribution in [-0.4, -0.2) is 28.2 Å². The number of aliphatic hydroxyl groups is 1. The Labute approximate surface area is 162 Å². The molecule has 1 spiro atoms. The fourth-order valence-corrected chi connectivity index (χ4v) is 4.98. The van der Waals surface area contributed by atoms with Crippen LogP contribution in [0.4, 0.5) is 5.82 Å². The molecule has 1 saturated heterocycles. The molecule has 1 aliphatic heterocycles. The molecule has 0 atom stereocenters. The maximum Gasteiger partial charge on any atom is 0.153 e. The quantitative estimate of drug-likeness (QED) is 0.855. The summed E-state index contributed by atoms with van der Waals surface area (Å²) in [6.07, 6.45) is 8.07. The molecule has 4 heteroatoms. The summed E-state index contributed by atoms with van der Waals surface area (Å²) in [6.45, 7) is 8.28. The third kappa shape index (κ3) is 3.36. The Kier molecular flexibility index (Phi) is 4.94. The Morgan fingerprint density at radius 1 is 1.00 bits per heavy atom. The van der Waals surface area contributed by atoms with Gasteiger partial charge in [-0.25, -0.2) is 9.97 Å². The van der Waals surface area contributed by atoms with E-state index in [1.165, 1.54) is 49.7 Å². The fraction of sp³-hybridized carbons (Fsp3) is 0.565. The third-order valence-corrected chi connectivity index (χ3v) is 6.92. The van der Waals surface area contributed by atoms with Crippen molar-refractivity contribution in [1.82, 2.24) is 9.97 Å². The van der Waals surface area contributed by atoms with E-state index in [2.05, 4.69) is 36.9 Å². The van der Waals surface area contributed by atoms with Gasteiger partial charge in [-0.2, -0.15) is 0 Å². The molecule has 0 radical (unpaired) electrons. The maximum absolute atomic E-state index is 10.0. The highest BCUT2D eigenvalue weighted by Crippen LogP contribution is 2.46. The molecule has 2 aliphatic rings. The zero-order chi connectivity index (χ0) is 19.0. The summed E-state index contributed by atoms with van der Waals surface area (Å²) in [7, 11) is 0. The molecule has 0 bridgehead atoms. The van der Waals surface area contributed by atoms with Crippen molar-refractivity contribution in [2.45, 2.75) is 65.9 Å². The molecule has 4 nitrogen and oxygen atoms in total. The average Bonchev–Trinajstić information content (AvgIpc) is 3.13. The number of benzene rings is 1. The highest BCUT2D eigenvalue weighted by Gasteiger charge is 2.37. The summed E-state index contributed by atoms with van der Waals surface area (Å²) in [4.78, 5) is 12.2. The van der Waals surface area contributed by atoms with E-state index >= 15 is 0 Å². The van der Waals surface area contributed by atoms with Gasteiger partial charge < -0.3 is 10.0 Å². The first-order valence-corrected chi connectivity index (χ1v) is 10.3. The van der Waals surface area contributed by atoms with Crippen LogP contribution in [0.2, 0.25) is 0 Å². The normalized spacial score (nSPS) is 19.0. The van der Waals surface area contributed by atoms with Crippen molar-refractivity contribution in [3.63, 3.8) is 0 Å². The molecule has 1 N–H and O–H groups in total. The van der Waals surface area contributed by atoms with E-state index in [1.54, 1.807) is 0 Å². The molecule has 144 valence electrons. The van der Waals surface area contributed by atoms with Gasteiger partial charge in [-0.1, -0.05) is 31.0 Å². The molecule has 4 rings (SSSR count). The van der Waals surface area contributed by atoms with Crippen molar-refractivity contribution >= 4 is 5.82 Å². The van der Waals surface area contributed by atoms with Gasteiger partial charge in [-0.15, -0.1) is 0 Å². The first-order chi connectivity index (χ1) is 13.0. The van der Waals surface area contributed by atoms with Crippen molar-refractivity contribution in [2.24, 2.45) is 5.41 Å². The van der Waals surface area contributed by atoms with Crippen molar-refractivity contribution in [3.8, 4) is 11.3 Å². The predicted molar refractivity (Wildman–Crippen MR) is 110 cm³/mol. The van der Waals surface area contributed by atoms with E-state index in [9.17, 15) is 5.11 Å². The summed E-state index contributed by atoms with van der Waals surface area (Å²) >= 11 is 0. The number of aliphatic hydroxyl groups excluding tert-OH is 1. The van der Waals surface area contributed by atoms with E-state index in [1.807, 2.05) is 6.92 Å². The number of nitrogens with zero attached hydrogens (tertiary/aromatic N) is 3.